The Morgan fingerprint density at radius 2 is 1.95 bits per heavy atom. The maximum absolute atomic E-state index is 12.6. The molecule has 0 bridgehead atoms. The third kappa shape index (κ3) is 3.10. The van der Waals surface area contributed by atoms with Crippen molar-refractivity contribution in [2.45, 2.75) is 51.3 Å². The van der Waals surface area contributed by atoms with Gasteiger partial charge in [-0.05, 0) is 39.7 Å². The number of aromatic nitrogens is 1. The predicted molar refractivity (Wildman–Crippen MR) is 81.6 cm³/mol. The average molecular weight is 305 g/mol. The molecule has 0 radical (unpaired) electrons. The maximum atomic E-state index is 12.6. The summed E-state index contributed by atoms with van der Waals surface area (Å²) in [6.07, 6.45) is 5.29. The second-order valence-electron chi connectivity index (χ2n) is 7.08. The van der Waals surface area contributed by atoms with Crippen LogP contribution in [0.1, 0.15) is 44.0 Å². The molecule has 1 aromatic heterocycles. The van der Waals surface area contributed by atoms with E-state index in [1.807, 2.05) is 25.7 Å². The van der Waals surface area contributed by atoms with Crippen molar-refractivity contribution in [1.82, 2.24) is 14.8 Å². The van der Waals surface area contributed by atoms with Gasteiger partial charge in [-0.3, -0.25) is 4.79 Å². The van der Waals surface area contributed by atoms with E-state index in [4.69, 9.17) is 4.74 Å². The van der Waals surface area contributed by atoms with Gasteiger partial charge in [-0.15, -0.1) is 0 Å². The van der Waals surface area contributed by atoms with E-state index < -0.39 is 5.60 Å². The Morgan fingerprint density at radius 3 is 2.45 bits per heavy atom. The first-order chi connectivity index (χ1) is 10.3. The molecule has 1 saturated carbocycles. The summed E-state index contributed by atoms with van der Waals surface area (Å²) in [6, 6.07) is 2.22. The number of amides is 2. The molecule has 1 saturated heterocycles. The first kappa shape index (κ1) is 14.9. The summed E-state index contributed by atoms with van der Waals surface area (Å²) in [7, 11) is 0. The topological polar surface area (TPSA) is 65.6 Å². The molecule has 2 amide bonds. The third-order valence-electron chi connectivity index (χ3n) is 3.93. The Kier molecular flexibility index (Phi) is 3.62. The van der Waals surface area contributed by atoms with E-state index in [9.17, 15) is 9.59 Å². The third-order valence-corrected chi connectivity index (χ3v) is 3.93. The minimum Gasteiger partial charge on any atom is -0.444 e. The smallest absolute Gasteiger partial charge is 0.410 e. The standard InChI is InChI=1S/C16H23N3O3/c1-16(2,3)22-15(21)18-9-13(10-18)19(12-4-5-12)14(20)11-6-7-17-8-11/h6-8,12-13,17H,4-5,9-10H2,1-3H3. The van der Waals surface area contributed by atoms with E-state index >= 15 is 0 Å². The number of H-pyrrole nitrogens is 1. The highest BCUT2D eigenvalue weighted by Crippen LogP contribution is 2.33. The normalized spacial score (nSPS) is 18.8. The summed E-state index contributed by atoms with van der Waals surface area (Å²) in [5.74, 6) is 0.0533. The van der Waals surface area contributed by atoms with Crippen LogP contribution in [0.5, 0.6) is 0 Å². The fourth-order valence-electron chi connectivity index (χ4n) is 2.70. The second-order valence-corrected chi connectivity index (χ2v) is 7.08. The monoisotopic (exact) mass is 305 g/mol. The summed E-state index contributed by atoms with van der Waals surface area (Å²) >= 11 is 0. The molecule has 0 unspecified atom stereocenters. The quantitative estimate of drug-likeness (QED) is 0.931. The number of ether oxygens (including phenoxy) is 1. The van der Waals surface area contributed by atoms with Gasteiger partial charge in [0.25, 0.3) is 5.91 Å². The van der Waals surface area contributed by atoms with E-state index in [-0.39, 0.29) is 18.0 Å². The van der Waals surface area contributed by atoms with Crippen LogP contribution in [0.25, 0.3) is 0 Å². The largest absolute Gasteiger partial charge is 0.444 e. The van der Waals surface area contributed by atoms with Gasteiger partial charge < -0.3 is 19.5 Å². The molecule has 1 aliphatic carbocycles. The van der Waals surface area contributed by atoms with Crippen molar-refractivity contribution in [3.05, 3.63) is 24.0 Å². The minimum absolute atomic E-state index is 0.0533. The molecule has 6 heteroatoms. The van der Waals surface area contributed by atoms with Gasteiger partial charge in [-0.2, -0.15) is 0 Å². The Bertz CT molecular complexity index is 552. The number of aromatic amines is 1. The summed E-state index contributed by atoms with van der Waals surface area (Å²) in [5.41, 5.74) is 0.196. The van der Waals surface area contributed by atoms with Crippen molar-refractivity contribution in [2.24, 2.45) is 0 Å². The number of hydrogen-bond donors (Lipinski definition) is 1. The molecule has 2 aliphatic rings. The van der Waals surface area contributed by atoms with Crippen LogP contribution in [0, 0.1) is 0 Å². The first-order valence-electron chi connectivity index (χ1n) is 7.78. The second kappa shape index (κ2) is 5.34. The molecule has 0 atom stereocenters. The molecular weight excluding hydrogens is 282 g/mol. The van der Waals surface area contributed by atoms with Gasteiger partial charge in [-0.1, -0.05) is 0 Å². The van der Waals surface area contributed by atoms with Gasteiger partial charge in [0.05, 0.1) is 11.6 Å². The lowest BCUT2D eigenvalue weighted by molar-refractivity contribution is -0.0141. The number of nitrogens with zero attached hydrogens (tertiary/aromatic N) is 2. The molecule has 1 N–H and O–H groups in total. The number of nitrogens with one attached hydrogen (secondary N) is 1. The van der Waals surface area contributed by atoms with E-state index in [2.05, 4.69) is 4.98 Å². The van der Waals surface area contributed by atoms with E-state index in [1.165, 1.54) is 0 Å². The molecule has 1 aromatic rings. The van der Waals surface area contributed by atoms with E-state index in [0.717, 1.165) is 12.8 Å². The van der Waals surface area contributed by atoms with Crippen molar-refractivity contribution in [3.63, 3.8) is 0 Å². The van der Waals surface area contributed by atoms with E-state index in [1.54, 1.807) is 23.4 Å². The van der Waals surface area contributed by atoms with Gasteiger partial charge >= 0.3 is 6.09 Å². The molecule has 2 heterocycles. The molecule has 22 heavy (non-hydrogen) atoms. The molecule has 0 spiro atoms. The Morgan fingerprint density at radius 1 is 1.27 bits per heavy atom. The van der Waals surface area contributed by atoms with Crippen LogP contribution in [0.4, 0.5) is 4.79 Å². The number of carbonyl (C=O) groups excluding carboxylic acids is 2. The highest BCUT2D eigenvalue weighted by atomic mass is 16.6. The van der Waals surface area contributed by atoms with Crippen molar-refractivity contribution < 1.29 is 14.3 Å². The van der Waals surface area contributed by atoms with Crippen LogP contribution >= 0.6 is 0 Å². The maximum Gasteiger partial charge on any atom is 0.410 e. The van der Waals surface area contributed by atoms with Gasteiger partial charge in [0, 0.05) is 31.5 Å². The number of rotatable bonds is 3. The minimum atomic E-state index is -0.487. The lowest BCUT2D eigenvalue weighted by atomic mass is 10.1. The molecule has 3 rings (SSSR count). The Balaban J connectivity index is 1.60. The van der Waals surface area contributed by atoms with Crippen LogP contribution < -0.4 is 0 Å². The van der Waals surface area contributed by atoms with Crippen LogP contribution in [-0.2, 0) is 4.74 Å². The number of hydrogen-bond acceptors (Lipinski definition) is 3. The summed E-state index contributed by atoms with van der Waals surface area (Å²) in [5, 5.41) is 0. The van der Waals surface area contributed by atoms with Gasteiger partial charge in [0.2, 0.25) is 0 Å². The van der Waals surface area contributed by atoms with Crippen LogP contribution in [0.3, 0.4) is 0 Å². The van der Waals surface area contributed by atoms with Crippen molar-refractivity contribution in [3.8, 4) is 0 Å². The SMILES string of the molecule is CC(C)(C)OC(=O)N1CC(N(C(=O)c2cc[nH]c2)C2CC2)C1. The number of carbonyl (C=O) groups is 2. The Hall–Kier alpha value is -1.98. The fraction of sp³-hybridized carbons (Fsp3) is 0.625. The molecule has 2 fully saturated rings. The lowest BCUT2D eigenvalue weighted by Crippen LogP contribution is -2.63. The zero-order valence-corrected chi connectivity index (χ0v) is 13.3. The molecule has 0 aromatic carbocycles. The van der Waals surface area contributed by atoms with Gasteiger partial charge in [0.15, 0.2) is 0 Å². The molecule has 1 aliphatic heterocycles. The highest BCUT2D eigenvalue weighted by molar-refractivity contribution is 5.94. The molecule has 6 nitrogen and oxygen atoms in total. The lowest BCUT2D eigenvalue weighted by Gasteiger charge is -2.45. The van der Waals surface area contributed by atoms with E-state index in [0.29, 0.717) is 24.7 Å². The average Bonchev–Trinajstić information content (AvgIpc) is 3.02. The van der Waals surface area contributed by atoms with Crippen molar-refractivity contribution >= 4 is 12.0 Å². The Labute approximate surface area is 130 Å². The fourth-order valence-corrected chi connectivity index (χ4v) is 2.70. The summed E-state index contributed by atoms with van der Waals surface area (Å²) < 4.78 is 5.36. The zero-order chi connectivity index (χ0) is 15.9. The van der Waals surface area contributed by atoms with Gasteiger partial charge in [-0.25, -0.2) is 4.79 Å². The van der Waals surface area contributed by atoms with Crippen LogP contribution in [0.2, 0.25) is 0 Å². The first-order valence-corrected chi connectivity index (χ1v) is 7.78. The van der Waals surface area contributed by atoms with Gasteiger partial charge in [0.1, 0.15) is 5.60 Å². The van der Waals surface area contributed by atoms with Crippen LogP contribution in [-0.4, -0.2) is 57.6 Å². The highest BCUT2D eigenvalue weighted by Gasteiger charge is 2.44. The zero-order valence-electron chi connectivity index (χ0n) is 13.3. The number of likely N-dealkylation sites (tertiary alicyclic amines) is 1. The summed E-state index contributed by atoms with van der Waals surface area (Å²) in [4.78, 5) is 31.1. The molecular formula is C16H23N3O3. The van der Waals surface area contributed by atoms with Crippen molar-refractivity contribution in [1.29, 1.82) is 0 Å². The summed E-state index contributed by atoms with van der Waals surface area (Å²) in [6.45, 7) is 6.68. The molecule has 120 valence electrons. The van der Waals surface area contributed by atoms with Crippen molar-refractivity contribution in [2.75, 3.05) is 13.1 Å². The predicted octanol–water partition coefficient (Wildman–Crippen LogP) is 2.24. The van der Waals surface area contributed by atoms with Crippen LogP contribution in [0.15, 0.2) is 18.5 Å².